The summed E-state index contributed by atoms with van der Waals surface area (Å²) < 4.78 is 0. The molecular formula is C24H40N2OS. The molecule has 1 amide bonds. The van der Waals surface area contributed by atoms with Gasteiger partial charge in [0.15, 0.2) is 5.11 Å². The smallest absolute Gasteiger partial charge is 0.260 e. The number of rotatable bonds is 16. The number of benzene rings is 1. The summed E-state index contributed by atoms with van der Waals surface area (Å²) in [6.45, 7) is 2.88. The number of hydrogen-bond acceptors (Lipinski definition) is 2. The highest BCUT2D eigenvalue weighted by Crippen LogP contribution is 2.13. The van der Waals surface area contributed by atoms with Gasteiger partial charge >= 0.3 is 0 Å². The van der Waals surface area contributed by atoms with Crippen LogP contribution in [0.4, 0.5) is 0 Å². The fourth-order valence-electron chi connectivity index (χ4n) is 3.51. The van der Waals surface area contributed by atoms with Crippen molar-refractivity contribution in [2.45, 2.75) is 96.8 Å². The molecule has 0 heterocycles. The topological polar surface area (TPSA) is 46.3 Å². The minimum absolute atomic E-state index is 0.0946. The first-order chi connectivity index (χ1) is 13.7. The molecule has 2 N–H and O–H groups in total. The van der Waals surface area contributed by atoms with E-state index >= 15 is 0 Å². The largest absolute Gasteiger partial charge is 0.376 e. The first kappa shape index (κ1) is 24.6. The van der Waals surface area contributed by atoms with Crippen molar-refractivity contribution in [1.29, 1.82) is 0 Å². The fraction of sp³-hybridized carbons (Fsp3) is 0.667. The molecule has 0 atom stereocenters. The van der Waals surface area contributed by atoms with Gasteiger partial charge in [-0.25, -0.2) is 0 Å². The lowest BCUT2D eigenvalue weighted by molar-refractivity contribution is 0.0846. The van der Waals surface area contributed by atoms with Crippen molar-refractivity contribution in [2.75, 3.05) is 6.54 Å². The molecule has 0 unspecified atom stereocenters. The quantitative estimate of drug-likeness (QED) is 0.242. The van der Waals surface area contributed by atoms with Gasteiger partial charge in [0, 0.05) is 12.1 Å². The van der Waals surface area contributed by atoms with Gasteiger partial charge in [0.05, 0.1) is 0 Å². The molecule has 0 saturated heterocycles. The second-order valence-electron chi connectivity index (χ2n) is 7.76. The summed E-state index contributed by atoms with van der Waals surface area (Å²) in [6, 6.07) is 9.22. The highest BCUT2D eigenvalue weighted by atomic mass is 32.1. The Balaban J connectivity index is 2.02. The summed E-state index contributed by atoms with van der Waals surface area (Å²) in [4.78, 5) is 14.0. The molecule has 0 bridgehead atoms. The number of hydrogen-bond donors (Lipinski definition) is 1. The third-order valence-electron chi connectivity index (χ3n) is 5.27. The SMILES string of the molecule is CCCCCCCCCCCCCCCCN(C(=O)c1ccccc1)C(N)=S. The minimum Gasteiger partial charge on any atom is -0.376 e. The van der Waals surface area contributed by atoms with Crippen LogP contribution in [0.2, 0.25) is 0 Å². The molecule has 0 fully saturated rings. The summed E-state index contributed by atoms with van der Waals surface area (Å²) in [5, 5.41) is 0.170. The van der Waals surface area contributed by atoms with E-state index < -0.39 is 0 Å². The lowest BCUT2D eigenvalue weighted by atomic mass is 10.0. The van der Waals surface area contributed by atoms with Gasteiger partial charge in [0.25, 0.3) is 5.91 Å². The van der Waals surface area contributed by atoms with Crippen molar-refractivity contribution in [3.8, 4) is 0 Å². The van der Waals surface area contributed by atoms with E-state index in [0.717, 1.165) is 12.8 Å². The average molecular weight is 405 g/mol. The van der Waals surface area contributed by atoms with Crippen molar-refractivity contribution in [2.24, 2.45) is 5.73 Å². The molecule has 0 aliphatic rings. The second kappa shape index (κ2) is 16.5. The van der Waals surface area contributed by atoms with Gasteiger partial charge in [-0.1, -0.05) is 109 Å². The summed E-state index contributed by atoms with van der Waals surface area (Å²) in [6.07, 6.45) is 18.5. The van der Waals surface area contributed by atoms with Gasteiger partial charge in [-0.2, -0.15) is 0 Å². The maximum atomic E-state index is 12.5. The predicted molar refractivity (Wildman–Crippen MR) is 125 cm³/mol. The van der Waals surface area contributed by atoms with E-state index in [0.29, 0.717) is 12.1 Å². The Morgan fingerprint density at radius 1 is 0.786 bits per heavy atom. The lowest BCUT2D eigenvalue weighted by Gasteiger charge is -2.20. The zero-order valence-corrected chi connectivity index (χ0v) is 18.7. The van der Waals surface area contributed by atoms with E-state index in [1.807, 2.05) is 18.2 Å². The van der Waals surface area contributed by atoms with Gasteiger partial charge in [-0.05, 0) is 30.8 Å². The number of carbonyl (C=O) groups excluding carboxylic acids is 1. The van der Waals surface area contributed by atoms with Crippen LogP contribution >= 0.6 is 12.2 Å². The molecule has 0 saturated carbocycles. The third kappa shape index (κ3) is 11.4. The molecule has 28 heavy (non-hydrogen) atoms. The van der Waals surface area contributed by atoms with Crippen molar-refractivity contribution < 1.29 is 4.79 Å². The zero-order valence-electron chi connectivity index (χ0n) is 17.8. The van der Waals surface area contributed by atoms with Crippen molar-refractivity contribution in [3.05, 3.63) is 35.9 Å². The Labute approximate surface area is 178 Å². The molecule has 1 rings (SSSR count). The first-order valence-electron chi connectivity index (χ1n) is 11.3. The van der Waals surface area contributed by atoms with Gasteiger partial charge < -0.3 is 5.73 Å². The highest BCUT2D eigenvalue weighted by molar-refractivity contribution is 7.80. The third-order valence-corrected chi connectivity index (χ3v) is 5.49. The van der Waals surface area contributed by atoms with Crippen LogP contribution in [-0.4, -0.2) is 22.5 Å². The molecule has 1 aromatic carbocycles. The molecule has 0 aliphatic heterocycles. The molecule has 0 spiro atoms. The summed E-state index contributed by atoms with van der Waals surface area (Å²) in [5.41, 5.74) is 6.41. The lowest BCUT2D eigenvalue weighted by Crippen LogP contribution is -2.41. The zero-order chi connectivity index (χ0) is 20.5. The van der Waals surface area contributed by atoms with Gasteiger partial charge in [-0.15, -0.1) is 0 Å². The number of unbranched alkanes of at least 4 members (excludes halogenated alkanes) is 13. The highest BCUT2D eigenvalue weighted by Gasteiger charge is 2.17. The molecular weight excluding hydrogens is 364 g/mol. The number of nitrogens with two attached hydrogens (primary N) is 1. The van der Waals surface area contributed by atoms with Crippen molar-refractivity contribution >= 4 is 23.2 Å². The number of nitrogens with zero attached hydrogens (tertiary/aromatic N) is 1. The Morgan fingerprint density at radius 2 is 1.21 bits per heavy atom. The Kier molecular flexibility index (Phi) is 14.5. The van der Waals surface area contributed by atoms with E-state index in [9.17, 15) is 4.79 Å². The normalized spacial score (nSPS) is 10.8. The Bertz CT molecular complexity index is 533. The van der Waals surface area contributed by atoms with Crippen LogP contribution in [0.15, 0.2) is 30.3 Å². The Hall–Kier alpha value is -1.42. The maximum Gasteiger partial charge on any atom is 0.260 e. The van der Waals surface area contributed by atoms with Gasteiger partial charge in [0.2, 0.25) is 0 Å². The molecule has 0 radical (unpaired) electrons. The first-order valence-corrected chi connectivity index (χ1v) is 11.7. The van der Waals surface area contributed by atoms with Crippen LogP contribution in [0.5, 0.6) is 0 Å². The molecule has 4 heteroatoms. The van der Waals surface area contributed by atoms with Crippen molar-refractivity contribution in [3.63, 3.8) is 0 Å². The number of amides is 1. The molecule has 158 valence electrons. The van der Waals surface area contributed by atoms with E-state index in [-0.39, 0.29) is 11.0 Å². The maximum absolute atomic E-state index is 12.5. The molecule has 3 nitrogen and oxygen atoms in total. The van der Waals surface area contributed by atoms with Crippen LogP contribution < -0.4 is 5.73 Å². The van der Waals surface area contributed by atoms with E-state index in [4.69, 9.17) is 18.0 Å². The summed E-state index contributed by atoms with van der Waals surface area (Å²) in [5.74, 6) is -0.0946. The average Bonchev–Trinajstić information content (AvgIpc) is 2.71. The van der Waals surface area contributed by atoms with Crippen LogP contribution in [0.25, 0.3) is 0 Å². The predicted octanol–water partition coefficient (Wildman–Crippen LogP) is 6.85. The van der Waals surface area contributed by atoms with Crippen LogP contribution in [0, 0.1) is 0 Å². The molecule has 1 aromatic rings. The minimum atomic E-state index is -0.0946. The number of carbonyl (C=O) groups is 1. The number of thiocarbonyl (C=S) groups is 1. The van der Waals surface area contributed by atoms with Crippen LogP contribution in [-0.2, 0) is 0 Å². The van der Waals surface area contributed by atoms with E-state index in [1.54, 1.807) is 12.1 Å². The molecule has 0 aliphatic carbocycles. The monoisotopic (exact) mass is 404 g/mol. The van der Waals surface area contributed by atoms with Crippen LogP contribution in [0.1, 0.15) is 107 Å². The van der Waals surface area contributed by atoms with Gasteiger partial charge in [-0.3, -0.25) is 9.69 Å². The van der Waals surface area contributed by atoms with E-state index in [2.05, 4.69) is 6.92 Å². The van der Waals surface area contributed by atoms with Crippen molar-refractivity contribution in [1.82, 2.24) is 4.90 Å². The second-order valence-corrected chi connectivity index (χ2v) is 8.18. The summed E-state index contributed by atoms with van der Waals surface area (Å²) in [7, 11) is 0. The standard InChI is InChI=1S/C24H40N2OS/c1-2-3-4-5-6-7-8-9-10-11-12-13-14-18-21-26(24(25)28)23(27)22-19-16-15-17-20-22/h15-17,19-20H,2-14,18,21H2,1H3,(H2,25,28). The summed E-state index contributed by atoms with van der Waals surface area (Å²) >= 11 is 5.08. The van der Waals surface area contributed by atoms with Crippen LogP contribution in [0.3, 0.4) is 0 Å². The Morgan fingerprint density at radius 3 is 1.64 bits per heavy atom. The fourth-order valence-corrected chi connectivity index (χ4v) is 3.69. The van der Waals surface area contributed by atoms with Gasteiger partial charge in [0.1, 0.15) is 0 Å². The molecule has 0 aromatic heterocycles. The van der Waals surface area contributed by atoms with E-state index in [1.165, 1.54) is 81.9 Å².